The molecule has 0 aliphatic carbocycles. The number of rotatable bonds is 2. The highest BCUT2D eigenvalue weighted by atomic mass is 32.1. The Morgan fingerprint density at radius 1 is 1.42 bits per heavy atom. The molecular weight excluding hydrogens is 355 g/mol. The van der Waals surface area contributed by atoms with Crippen molar-refractivity contribution in [2.45, 2.75) is 26.3 Å². The van der Waals surface area contributed by atoms with Crippen LogP contribution in [0.4, 0.5) is 10.1 Å². The topological polar surface area (TPSA) is 90.1 Å². The first-order valence-corrected chi connectivity index (χ1v) is 8.99. The Balaban J connectivity index is 1.56. The molecule has 0 spiro atoms. The zero-order chi connectivity index (χ0) is 18.4. The van der Waals surface area contributed by atoms with Gasteiger partial charge in [-0.3, -0.25) is 9.78 Å². The highest BCUT2D eigenvalue weighted by molar-refractivity contribution is 7.21. The fraction of sp³-hybridized carbons (Fsp3) is 0.278. The van der Waals surface area contributed by atoms with Gasteiger partial charge in [0.25, 0.3) is 5.91 Å². The van der Waals surface area contributed by atoms with Gasteiger partial charge in [-0.25, -0.2) is 9.37 Å². The molecule has 1 aliphatic rings. The van der Waals surface area contributed by atoms with Crippen LogP contribution in [0.2, 0.25) is 0 Å². The lowest BCUT2D eigenvalue weighted by molar-refractivity contribution is 0.0919. The molecule has 3 aromatic heterocycles. The molecule has 4 rings (SSSR count). The van der Waals surface area contributed by atoms with E-state index in [1.807, 2.05) is 19.1 Å². The van der Waals surface area contributed by atoms with Gasteiger partial charge in [-0.2, -0.15) is 0 Å². The zero-order valence-electron chi connectivity index (χ0n) is 14.3. The summed E-state index contributed by atoms with van der Waals surface area (Å²) in [6.07, 6.45) is 2.04. The van der Waals surface area contributed by atoms with Crippen molar-refractivity contribution in [3.8, 4) is 5.75 Å². The number of carbonyl (C=O) groups excluding carboxylic acids is 1. The molecule has 0 saturated carbocycles. The van der Waals surface area contributed by atoms with Gasteiger partial charge in [0, 0.05) is 29.3 Å². The van der Waals surface area contributed by atoms with Crippen molar-refractivity contribution < 1.29 is 13.9 Å². The van der Waals surface area contributed by atoms with Crippen LogP contribution in [-0.4, -0.2) is 28.5 Å². The number of halogens is 1. The van der Waals surface area contributed by atoms with Crippen molar-refractivity contribution in [2.24, 2.45) is 0 Å². The standard InChI is InChI=1S/C18H17FN4O2S/c1-8-3-4-12-14(20)16(26-18(12)22-8)17(24)23-11-5-10-6-21-9(2)13(19)15(10)25-7-11/h3-4,6,11H,5,7,20H2,1-2H3,(H,23,24)/t11-/m1/s1. The molecule has 1 atom stereocenters. The van der Waals surface area contributed by atoms with Gasteiger partial charge in [-0.1, -0.05) is 0 Å². The summed E-state index contributed by atoms with van der Waals surface area (Å²) < 4.78 is 19.6. The molecule has 26 heavy (non-hydrogen) atoms. The first kappa shape index (κ1) is 16.7. The molecule has 1 amide bonds. The largest absolute Gasteiger partial charge is 0.488 e. The molecule has 0 unspecified atom stereocenters. The van der Waals surface area contributed by atoms with E-state index in [0.717, 1.165) is 15.9 Å². The third kappa shape index (κ3) is 2.76. The third-order valence-electron chi connectivity index (χ3n) is 4.39. The summed E-state index contributed by atoms with van der Waals surface area (Å²) in [6, 6.07) is 3.46. The van der Waals surface area contributed by atoms with Gasteiger partial charge in [-0.15, -0.1) is 11.3 Å². The molecule has 0 fully saturated rings. The van der Waals surface area contributed by atoms with Gasteiger partial charge >= 0.3 is 0 Å². The van der Waals surface area contributed by atoms with E-state index in [4.69, 9.17) is 10.5 Å². The molecular formula is C18H17FN4O2S. The van der Waals surface area contributed by atoms with Crippen molar-refractivity contribution in [2.75, 3.05) is 12.3 Å². The minimum atomic E-state index is -0.442. The van der Waals surface area contributed by atoms with Crippen LogP contribution in [0.15, 0.2) is 18.3 Å². The van der Waals surface area contributed by atoms with Crippen molar-refractivity contribution in [1.29, 1.82) is 0 Å². The van der Waals surface area contributed by atoms with Crippen molar-refractivity contribution in [1.82, 2.24) is 15.3 Å². The number of nitrogens with two attached hydrogens (primary N) is 1. The molecule has 0 saturated heterocycles. The Hall–Kier alpha value is -2.74. The van der Waals surface area contributed by atoms with Crippen LogP contribution in [0.25, 0.3) is 10.2 Å². The van der Waals surface area contributed by atoms with Crippen LogP contribution in [-0.2, 0) is 6.42 Å². The van der Waals surface area contributed by atoms with E-state index in [1.54, 1.807) is 13.1 Å². The Morgan fingerprint density at radius 3 is 3.04 bits per heavy atom. The van der Waals surface area contributed by atoms with Gasteiger partial charge < -0.3 is 15.8 Å². The maximum atomic E-state index is 14.0. The highest BCUT2D eigenvalue weighted by Crippen LogP contribution is 2.33. The van der Waals surface area contributed by atoms with Crippen LogP contribution < -0.4 is 15.8 Å². The summed E-state index contributed by atoms with van der Waals surface area (Å²) in [5.74, 6) is -0.493. The Bertz CT molecular complexity index is 1030. The average Bonchev–Trinajstić information content (AvgIpc) is 2.94. The number of fused-ring (bicyclic) bond motifs is 2. The summed E-state index contributed by atoms with van der Waals surface area (Å²) in [5.41, 5.74) is 8.36. The Labute approximate surface area is 153 Å². The maximum absolute atomic E-state index is 14.0. The lowest BCUT2D eigenvalue weighted by atomic mass is 10.0. The fourth-order valence-corrected chi connectivity index (χ4v) is 4.05. The number of anilines is 1. The fourth-order valence-electron chi connectivity index (χ4n) is 3.01. The van der Waals surface area contributed by atoms with E-state index in [-0.39, 0.29) is 24.3 Å². The number of thiophene rings is 1. The molecule has 3 N–H and O–H groups in total. The first-order chi connectivity index (χ1) is 12.4. The number of hydrogen-bond acceptors (Lipinski definition) is 6. The molecule has 1 aliphatic heterocycles. The van der Waals surface area contributed by atoms with E-state index in [1.165, 1.54) is 11.3 Å². The van der Waals surface area contributed by atoms with Crippen molar-refractivity contribution in [3.05, 3.63) is 46.0 Å². The van der Waals surface area contributed by atoms with Gasteiger partial charge in [0.15, 0.2) is 11.6 Å². The molecule has 4 heterocycles. The van der Waals surface area contributed by atoms with Crippen LogP contribution in [0, 0.1) is 19.7 Å². The van der Waals surface area contributed by atoms with E-state index in [0.29, 0.717) is 28.2 Å². The Morgan fingerprint density at radius 2 is 2.23 bits per heavy atom. The van der Waals surface area contributed by atoms with E-state index in [2.05, 4.69) is 15.3 Å². The summed E-state index contributed by atoms with van der Waals surface area (Å²) in [5, 5.41) is 3.69. The molecule has 0 bridgehead atoms. The number of ether oxygens (including phenoxy) is 1. The van der Waals surface area contributed by atoms with Crippen LogP contribution in [0.5, 0.6) is 5.75 Å². The van der Waals surface area contributed by atoms with Gasteiger partial charge in [0.1, 0.15) is 16.3 Å². The molecule has 0 radical (unpaired) electrons. The number of nitrogens with zero attached hydrogens (tertiary/aromatic N) is 2. The predicted molar refractivity (Wildman–Crippen MR) is 98.2 cm³/mol. The summed E-state index contributed by atoms with van der Waals surface area (Å²) in [6.45, 7) is 3.68. The van der Waals surface area contributed by atoms with Gasteiger partial charge in [0.2, 0.25) is 0 Å². The van der Waals surface area contributed by atoms with Crippen molar-refractivity contribution in [3.63, 3.8) is 0 Å². The summed E-state index contributed by atoms with van der Waals surface area (Å²) in [4.78, 5) is 22.3. The van der Waals surface area contributed by atoms with Crippen LogP contribution in [0.3, 0.4) is 0 Å². The highest BCUT2D eigenvalue weighted by Gasteiger charge is 2.27. The summed E-state index contributed by atoms with van der Waals surface area (Å²) in [7, 11) is 0. The molecule has 134 valence electrons. The zero-order valence-corrected chi connectivity index (χ0v) is 15.1. The average molecular weight is 372 g/mol. The monoisotopic (exact) mass is 372 g/mol. The second-order valence-electron chi connectivity index (χ2n) is 6.35. The van der Waals surface area contributed by atoms with Gasteiger partial charge in [0.05, 0.1) is 17.4 Å². The molecule has 0 aromatic carbocycles. The second kappa shape index (κ2) is 6.21. The SMILES string of the molecule is Cc1ccc2c(N)c(C(=O)N[C@H]3COc4c(cnc(C)c4F)C3)sc2n1. The quantitative estimate of drug-likeness (QED) is 0.722. The summed E-state index contributed by atoms with van der Waals surface area (Å²) >= 11 is 1.26. The third-order valence-corrected chi connectivity index (χ3v) is 5.51. The van der Waals surface area contributed by atoms with Crippen molar-refractivity contribution >= 4 is 33.1 Å². The first-order valence-electron chi connectivity index (χ1n) is 8.17. The molecule has 6 nitrogen and oxygen atoms in total. The Kier molecular flexibility index (Phi) is 3.99. The number of amides is 1. The minimum Gasteiger partial charge on any atom is -0.488 e. The van der Waals surface area contributed by atoms with Crippen LogP contribution in [0.1, 0.15) is 26.6 Å². The van der Waals surface area contributed by atoms with Crippen LogP contribution >= 0.6 is 11.3 Å². The number of carbonyl (C=O) groups is 1. The lowest BCUT2D eigenvalue weighted by Crippen LogP contribution is -2.43. The number of nitrogen functional groups attached to an aromatic ring is 1. The van der Waals surface area contributed by atoms with Gasteiger partial charge in [-0.05, 0) is 26.0 Å². The number of hydrogen-bond donors (Lipinski definition) is 2. The smallest absolute Gasteiger partial charge is 0.263 e. The number of aryl methyl sites for hydroxylation is 2. The number of nitrogens with one attached hydrogen (secondary N) is 1. The number of pyridine rings is 2. The second-order valence-corrected chi connectivity index (χ2v) is 7.35. The number of aromatic nitrogens is 2. The van der Waals surface area contributed by atoms with E-state index in [9.17, 15) is 9.18 Å². The normalized spacial score (nSPS) is 16.2. The maximum Gasteiger partial charge on any atom is 0.263 e. The lowest BCUT2D eigenvalue weighted by Gasteiger charge is -2.26. The minimum absolute atomic E-state index is 0.196. The molecule has 3 aromatic rings. The van der Waals surface area contributed by atoms with E-state index >= 15 is 0 Å². The van der Waals surface area contributed by atoms with E-state index < -0.39 is 5.82 Å². The predicted octanol–water partition coefficient (Wildman–Crippen LogP) is 2.76. The molecule has 8 heteroatoms.